The van der Waals surface area contributed by atoms with Crippen molar-refractivity contribution in [2.75, 3.05) is 0 Å². The summed E-state index contributed by atoms with van der Waals surface area (Å²) in [6.45, 7) is 3.72. The molecule has 2 N–H and O–H groups in total. The minimum absolute atomic E-state index is 0.163. The molecule has 2 aromatic rings. The van der Waals surface area contributed by atoms with Crippen molar-refractivity contribution in [2.24, 2.45) is 0 Å². The number of nitrogens with zero attached hydrogens (tertiary/aromatic N) is 1. The Bertz CT molecular complexity index is 741. The lowest BCUT2D eigenvalue weighted by Gasteiger charge is -2.13. The Labute approximate surface area is 118 Å². The van der Waals surface area contributed by atoms with Crippen molar-refractivity contribution < 1.29 is 9.90 Å². The Balaban J connectivity index is 2.78. The maximum Gasteiger partial charge on any atom is 0.326 e. The first-order chi connectivity index (χ1) is 8.99. The molecule has 5 nitrogen and oxygen atoms in total. The van der Waals surface area contributed by atoms with Gasteiger partial charge in [0.25, 0.3) is 5.56 Å². The molecule has 0 aliphatic rings. The Morgan fingerprint density at radius 3 is 2.79 bits per heavy atom. The Morgan fingerprint density at radius 2 is 2.26 bits per heavy atom. The van der Waals surface area contributed by atoms with Crippen molar-refractivity contribution in [2.45, 2.75) is 32.7 Å². The fourth-order valence-electron chi connectivity index (χ4n) is 2.00. The predicted molar refractivity (Wildman–Crippen MR) is 77.6 cm³/mol. The van der Waals surface area contributed by atoms with Gasteiger partial charge in [-0.15, -0.1) is 11.3 Å². The number of carboxylic acids is 1. The van der Waals surface area contributed by atoms with Crippen molar-refractivity contribution >= 4 is 39.7 Å². The van der Waals surface area contributed by atoms with Gasteiger partial charge < -0.3 is 10.1 Å². The van der Waals surface area contributed by atoms with Gasteiger partial charge in [-0.25, -0.2) is 4.79 Å². The van der Waals surface area contributed by atoms with E-state index in [1.54, 1.807) is 13.0 Å². The van der Waals surface area contributed by atoms with Crippen LogP contribution in [0.2, 0.25) is 0 Å². The molecule has 2 aromatic heterocycles. The third-order valence-electron chi connectivity index (χ3n) is 3.00. The van der Waals surface area contributed by atoms with E-state index < -0.39 is 12.0 Å². The number of nitrogens with one attached hydrogen (secondary N) is 1. The van der Waals surface area contributed by atoms with Gasteiger partial charge in [0.1, 0.15) is 10.9 Å². The third-order valence-corrected chi connectivity index (χ3v) is 4.50. The van der Waals surface area contributed by atoms with Crippen molar-refractivity contribution in [3.8, 4) is 0 Å². The molecule has 1 atom stereocenters. The molecule has 2 rings (SSSR count). The average Bonchev–Trinajstić information content (AvgIpc) is 2.77. The summed E-state index contributed by atoms with van der Waals surface area (Å²) in [6.07, 6.45) is 1.14. The first kappa shape index (κ1) is 14.0. The molecular formula is C12H14N2O3S2. The van der Waals surface area contributed by atoms with Gasteiger partial charge in [0, 0.05) is 4.88 Å². The molecule has 102 valence electrons. The highest BCUT2D eigenvalue weighted by atomic mass is 32.1. The number of aromatic nitrogens is 2. The summed E-state index contributed by atoms with van der Waals surface area (Å²) in [5.41, 5.74) is -0.330. The number of hydrogen-bond acceptors (Lipinski definition) is 4. The van der Waals surface area contributed by atoms with Crippen molar-refractivity contribution in [1.82, 2.24) is 9.55 Å². The molecule has 1 unspecified atom stereocenters. The van der Waals surface area contributed by atoms with Crippen molar-refractivity contribution in [1.29, 1.82) is 0 Å². The van der Waals surface area contributed by atoms with Gasteiger partial charge >= 0.3 is 5.97 Å². The van der Waals surface area contributed by atoms with E-state index in [1.165, 1.54) is 11.3 Å². The Kier molecular flexibility index (Phi) is 3.86. The number of rotatable bonds is 4. The number of aryl methyl sites for hydroxylation is 1. The zero-order valence-corrected chi connectivity index (χ0v) is 12.2. The SMILES string of the molecule is CCc1cc2c(=O)n(C(CC)C(=O)O)c(=S)[nH]c2s1. The van der Waals surface area contributed by atoms with Crippen LogP contribution in [0.3, 0.4) is 0 Å². The molecule has 0 fully saturated rings. The minimum Gasteiger partial charge on any atom is -0.480 e. The van der Waals surface area contributed by atoms with E-state index in [4.69, 9.17) is 12.2 Å². The highest BCUT2D eigenvalue weighted by Crippen LogP contribution is 2.22. The number of aliphatic carboxylic acids is 1. The smallest absolute Gasteiger partial charge is 0.326 e. The Hall–Kier alpha value is -1.47. The summed E-state index contributed by atoms with van der Waals surface area (Å²) in [6, 6.07) is 0.879. The predicted octanol–water partition coefficient (Wildman–Crippen LogP) is 2.72. The fraction of sp³-hybridized carbons (Fsp3) is 0.417. The van der Waals surface area contributed by atoms with E-state index in [0.29, 0.717) is 16.6 Å². The van der Waals surface area contributed by atoms with Gasteiger partial charge in [0.15, 0.2) is 4.77 Å². The number of aromatic amines is 1. The molecule has 0 saturated carbocycles. The van der Waals surface area contributed by atoms with Crippen LogP contribution in [0, 0.1) is 4.77 Å². The number of fused-ring (bicyclic) bond motifs is 1. The maximum absolute atomic E-state index is 12.4. The van der Waals surface area contributed by atoms with E-state index in [9.17, 15) is 14.7 Å². The van der Waals surface area contributed by atoms with E-state index >= 15 is 0 Å². The Morgan fingerprint density at radius 1 is 1.58 bits per heavy atom. The summed E-state index contributed by atoms with van der Waals surface area (Å²) in [4.78, 5) is 28.4. The minimum atomic E-state index is -1.05. The highest BCUT2D eigenvalue weighted by molar-refractivity contribution is 7.71. The summed E-state index contributed by atoms with van der Waals surface area (Å²) in [5, 5.41) is 9.69. The molecule has 0 aliphatic carbocycles. The fourth-order valence-corrected chi connectivity index (χ4v) is 3.36. The molecule has 7 heteroatoms. The maximum atomic E-state index is 12.4. The van der Waals surface area contributed by atoms with Gasteiger partial charge in [-0.3, -0.25) is 9.36 Å². The number of thiophene rings is 1. The molecule has 0 amide bonds. The number of hydrogen-bond donors (Lipinski definition) is 2. The van der Waals surface area contributed by atoms with E-state index in [2.05, 4.69) is 4.98 Å². The molecule has 0 bridgehead atoms. The lowest BCUT2D eigenvalue weighted by atomic mass is 10.2. The van der Waals surface area contributed by atoms with Crippen LogP contribution in [0.1, 0.15) is 31.2 Å². The molecule has 0 aromatic carbocycles. The van der Waals surface area contributed by atoms with Gasteiger partial charge in [-0.2, -0.15) is 0 Å². The normalized spacial score (nSPS) is 12.7. The van der Waals surface area contributed by atoms with Crippen LogP contribution in [-0.2, 0) is 11.2 Å². The quantitative estimate of drug-likeness (QED) is 0.851. The van der Waals surface area contributed by atoms with Crippen LogP contribution in [-0.4, -0.2) is 20.6 Å². The topological polar surface area (TPSA) is 75.1 Å². The first-order valence-electron chi connectivity index (χ1n) is 5.99. The van der Waals surface area contributed by atoms with Crippen LogP contribution in [0.25, 0.3) is 10.2 Å². The standard InChI is InChI=1S/C12H14N2O3S2/c1-3-6-5-7-9(19-6)13-12(18)14(10(7)15)8(4-2)11(16)17/h5,8H,3-4H2,1-2H3,(H,13,18)(H,16,17). The lowest BCUT2D eigenvalue weighted by molar-refractivity contribution is -0.141. The summed E-state index contributed by atoms with van der Waals surface area (Å²) in [7, 11) is 0. The summed E-state index contributed by atoms with van der Waals surface area (Å²) < 4.78 is 1.32. The average molecular weight is 298 g/mol. The van der Waals surface area contributed by atoms with Crippen LogP contribution in [0.5, 0.6) is 0 Å². The third kappa shape index (κ3) is 2.35. The van der Waals surface area contributed by atoms with E-state index in [0.717, 1.165) is 15.9 Å². The van der Waals surface area contributed by atoms with Crippen LogP contribution >= 0.6 is 23.6 Å². The van der Waals surface area contributed by atoms with Gasteiger partial charge in [-0.1, -0.05) is 13.8 Å². The van der Waals surface area contributed by atoms with Crippen molar-refractivity contribution in [3.05, 3.63) is 26.1 Å². The van der Waals surface area contributed by atoms with Gasteiger partial charge in [0.2, 0.25) is 0 Å². The second kappa shape index (κ2) is 5.26. The number of H-pyrrole nitrogens is 1. The van der Waals surface area contributed by atoms with E-state index in [1.807, 2.05) is 6.92 Å². The largest absolute Gasteiger partial charge is 0.480 e. The monoisotopic (exact) mass is 298 g/mol. The second-order valence-electron chi connectivity index (χ2n) is 4.18. The molecule has 2 heterocycles. The molecular weight excluding hydrogens is 284 g/mol. The first-order valence-corrected chi connectivity index (χ1v) is 7.22. The van der Waals surface area contributed by atoms with Crippen LogP contribution in [0.4, 0.5) is 0 Å². The van der Waals surface area contributed by atoms with Crippen LogP contribution < -0.4 is 5.56 Å². The molecule has 0 spiro atoms. The zero-order valence-electron chi connectivity index (χ0n) is 10.6. The van der Waals surface area contributed by atoms with Crippen molar-refractivity contribution in [3.63, 3.8) is 0 Å². The molecule has 19 heavy (non-hydrogen) atoms. The highest BCUT2D eigenvalue weighted by Gasteiger charge is 2.21. The molecule has 0 radical (unpaired) electrons. The van der Waals surface area contributed by atoms with Gasteiger partial charge in [0.05, 0.1) is 5.39 Å². The zero-order chi connectivity index (χ0) is 14.2. The second-order valence-corrected chi connectivity index (χ2v) is 5.70. The van der Waals surface area contributed by atoms with Crippen LogP contribution in [0.15, 0.2) is 10.9 Å². The molecule has 0 aliphatic heterocycles. The van der Waals surface area contributed by atoms with Gasteiger partial charge in [-0.05, 0) is 31.1 Å². The number of carboxylic acid groups (broad SMARTS) is 1. The number of carbonyl (C=O) groups is 1. The summed E-state index contributed by atoms with van der Waals surface area (Å²) in [5.74, 6) is -1.05. The van der Waals surface area contributed by atoms with E-state index in [-0.39, 0.29) is 10.3 Å². The summed E-state index contributed by atoms with van der Waals surface area (Å²) >= 11 is 6.60. The molecule has 0 saturated heterocycles. The lowest BCUT2D eigenvalue weighted by Crippen LogP contribution is -2.30.